The van der Waals surface area contributed by atoms with Crippen LogP contribution < -0.4 is 10.6 Å². The zero-order chi connectivity index (χ0) is 26.6. The average Bonchev–Trinajstić information content (AvgIpc) is 3.42. The highest BCUT2D eigenvalue weighted by Gasteiger charge is 2.50. The predicted octanol–water partition coefficient (Wildman–Crippen LogP) is 3.19. The van der Waals surface area contributed by atoms with Crippen LogP contribution in [-0.4, -0.2) is 62.0 Å². The number of benzene rings is 2. The average molecular weight is 570 g/mol. The Morgan fingerprint density at radius 2 is 1.84 bits per heavy atom. The van der Waals surface area contributed by atoms with E-state index in [2.05, 4.69) is 10.2 Å². The van der Waals surface area contributed by atoms with E-state index in [1.165, 1.54) is 46.9 Å². The largest absolute Gasteiger partial charge is 0.472 e. The molecule has 1 aromatic heterocycles. The molecule has 3 aromatic rings. The molecular weight excluding hydrogens is 547 g/mol. The molecule has 2 atom stereocenters. The fourth-order valence-electron chi connectivity index (χ4n) is 4.17. The van der Waals surface area contributed by atoms with Gasteiger partial charge in [-0.2, -0.15) is 0 Å². The molecule has 10 nitrogen and oxygen atoms in total. The molecule has 38 heavy (non-hydrogen) atoms. The Morgan fingerprint density at radius 1 is 1.18 bits per heavy atom. The fourth-order valence-corrected chi connectivity index (χ4v) is 7.40. The molecule has 1 unspecified atom stereocenters. The Balaban J connectivity index is 1.53. The molecule has 2 aromatic carbocycles. The Morgan fingerprint density at radius 3 is 2.39 bits per heavy atom. The number of aromatic nitrogens is 2. The van der Waals surface area contributed by atoms with Crippen molar-refractivity contribution in [1.29, 1.82) is 0 Å². The van der Waals surface area contributed by atoms with Crippen molar-refractivity contribution in [2.75, 3.05) is 12.9 Å². The Kier molecular flexibility index (Phi) is 7.98. The number of hydrogen-bond acceptors (Lipinski definition) is 11. The molecule has 2 N–H and O–H groups in total. The van der Waals surface area contributed by atoms with Crippen molar-refractivity contribution >= 4 is 53.1 Å². The van der Waals surface area contributed by atoms with E-state index in [4.69, 9.17) is 15.3 Å². The molecule has 0 aliphatic carbocycles. The number of hydrazine groups is 1. The quantitative estimate of drug-likeness (QED) is 0.0739. The van der Waals surface area contributed by atoms with Gasteiger partial charge < -0.3 is 9.47 Å². The molecule has 0 bridgehead atoms. The van der Waals surface area contributed by atoms with Crippen molar-refractivity contribution in [3.63, 3.8) is 0 Å². The van der Waals surface area contributed by atoms with Crippen LogP contribution in [-0.2, 0) is 19.1 Å². The van der Waals surface area contributed by atoms with E-state index in [0.717, 1.165) is 16.1 Å². The van der Waals surface area contributed by atoms with E-state index in [0.29, 0.717) is 21.5 Å². The first-order valence-electron chi connectivity index (χ1n) is 11.5. The number of fused-ring (bicyclic) bond motifs is 1. The van der Waals surface area contributed by atoms with E-state index >= 15 is 0 Å². The minimum absolute atomic E-state index is 0.105. The summed E-state index contributed by atoms with van der Waals surface area (Å²) in [5.74, 6) is 5.40. The van der Waals surface area contributed by atoms with Gasteiger partial charge in [-0.25, -0.2) is 10.6 Å². The maximum Gasteiger partial charge on any atom is 0.356 e. The number of nitrogens with two attached hydrogens (primary N) is 1. The zero-order valence-corrected chi connectivity index (χ0v) is 22.6. The van der Waals surface area contributed by atoms with Gasteiger partial charge in [0.05, 0.1) is 18.9 Å². The number of esters is 1. The number of amides is 2. The second-order valence-electron chi connectivity index (χ2n) is 8.27. The van der Waals surface area contributed by atoms with Gasteiger partial charge in [-0.3, -0.25) is 19.5 Å². The Hall–Kier alpha value is -3.39. The number of β-lactam (4-membered cyclic amide) rings is 1. The van der Waals surface area contributed by atoms with Crippen LogP contribution in [0.15, 0.2) is 76.3 Å². The number of rotatable bonds is 10. The van der Waals surface area contributed by atoms with Crippen LogP contribution in [0.1, 0.15) is 23.7 Å². The Labute approximate surface area is 231 Å². The number of thioether (sulfide) groups is 2. The molecule has 0 saturated carbocycles. The molecule has 0 radical (unpaired) electrons. The maximum atomic E-state index is 13.9. The number of hydrogen-bond donors (Lipinski definition) is 1. The van der Waals surface area contributed by atoms with Gasteiger partial charge >= 0.3 is 5.97 Å². The van der Waals surface area contributed by atoms with Crippen LogP contribution in [0, 0.1) is 0 Å². The van der Waals surface area contributed by atoms with E-state index < -0.39 is 17.4 Å². The molecule has 13 heteroatoms. The summed E-state index contributed by atoms with van der Waals surface area (Å²) in [6.07, 6.45) is 0.0349. The molecule has 1 saturated heterocycles. The van der Waals surface area contributed by atoms with E-state index in [1.807, 2.05) is 60.7 Å². The van der Waals surface area contributed by atoms with Crippen LogP contribution in [0.25, 0.3) is 0 Å². The third-order valence-corrected chi connectivity index (χ3v) is 9.51. The van der Waals surface area contributed by atoms with Crippen LogP contribution in [0.3, 0.4) is 0 Å². The highest BCUT2D eigenvalue weighted by molar-refractivity contribution is 8.02. The molecule has 196 valence electrons. The summed E-state index contributed by atoms with van der Waals surface area (Å²) in [5, 5.41) is 8.44. The Bertz CT molecular complexity index is 1310. The second kappa shape index (κ2) is 11.6. The minimum Gasteiger partial charge on any atom is -0.472 e. The standard InChI is InChI=1S/C25H23N5O5S3/c1-34-24-27-28-25(38-24)36-13-17-20(30-18(32)12-19(30)37-22(17)29(26)14-31)23(33)35-21(15-8-4-2-5-9-15)16-10-6-3-7-11-16/h2-11,14,19,21-22H,12-13,26H2,1H3/t19-,22?/m1/s1. The van der Waals surface area contributed by atoms with Gasteiger partial charge in [0.25, 0.3) is 5.19 Å². The van der Waals surface area contributed by atoms with Crippen LogP contribution in [0.4, 0.5) is 0 Å². The first-order chi connectivity index (χ1) is 18.5. The van der Waals surface area contributed by atoms with Gasteiger partial charge in [0, 0.05) is 11.3 Å². The first kappa shape index (κ1) is 26.2. The van der Waals surface area contributed by atoms with Crippen molar-refractivity contribution in [3.05, 3.63) is 83.1 Å². The zero-order valence-electron chi connectivity index (χ0n) is 20.1. The summed E-state index contributed by atoms with van der Waals surface area (Å²) in [7, 11) is 1.50. The fraction of sp³-hybridized carbons (Fsp3) is 0.240. The van der Waals surface area contributed by atoms with E-state index in [1.54, 1.807) is 0 Å². The monoisotopic (exact) mass is 569 g/mol. The normalized spacial score (nSPS) is 18.6. The highest BCUT2D eigenvalue weighted by atomic mass is 32.2. The lowest BCUT2D eigenvalue weighted by Crippen LogP contribution is -2.58. The van der Waals surface area contributed by atoms with Crippen molar-refractivity contribution < 1.29 is 23.9 Å². The van der Waals surface area contributed by atoms with Gasteiger partial charge in [-0.1, -0.05) is 77.5 Å². The predicted molar refractivity (Wildman–Crippen MR) is 144 cm³/mol. The van der Waals surface area contributed by atoms with Crippen molar-refractivity contribution in [2.45, 2.75) is 27.6 Å². The van der Waals surface area contributed by atoms with E-state index in [-0.39, 0.29) is 29.2 Å². The van der Waals surface area contributed by atoms with Gasteiger partial charge in [-0.15, -0.1) is 16.9 Å². The summed E-state index contributed by atoms with van der Waals surface area (Å²) < 4.78 is 11.8. The molecule has 1 fully saturated rings. The van der Waals surface area contributed by atoms with Crippen molar-refractivity contribution in [3.8, 4) is 5.19 Å². The van der Waals surface area contributed by atoms with Crippen molar-refractivity contribution in [2.24, 2.45) is 5.84 Å². The molecule has 2 aliphatic rings. The maximum absolute atomic E-state index is 13.9. The van der Waals surface area contributed by atoms with Gasteiger partial charge in [-0.05, 0) is 22.5 Å². The summed E-state index contributed by atoms with van der Waals surface area (Å²) in [4.78, 5) is 39.8. The number of nitrogens with zero attached hydrogens (tertiary/aromatic N) is 4. The first-order valence-corrected chi connectivity index (χ1v) is 14.2. The summed E-state index contributed by atoms with van der Waals surface area (Å²) in [5.41, 5.74) is 2.16. The third-order valence-electron chi connectivity index (χ3n) is 5.96. The molecule has 2 amide bonds. The molecule has 3 heterocycles. The summed E-state index contributed by atoms with van der Waals surface area (Å²) in [6.45, 7) is 0. The van der Waals surface area contributed by atoms with E-state index in [9.17, 15) is 14.4 Å². The van der Waals surface area contributed by atoms with Gasteiger partial charge in [0.15, 0.2) is 10.4 Å². The second-order valence-corrected chi connectivity index (χ2v) is 11.7. The summed E-state index contributed by atoms with van der Waals surface area (Å²) in [6, 6.07) is 18.8. The number of carbonyl (C=O) groups excluding carboxylic acids is 3. The SMILES string of the molecule is COc1nnc(SCC2=C(C(=O)OC(c3ccccc3)c3ccccc3)N3C(=O)C[C@H]3SC2N(N)C=O)s1. The number of methoxy groups -OCH3 is 1. The molecule has 0 spiro atoms. The molecule has 2 aliphatic heterocycles. The summed E-state index contributed by atoms with van der Waals surface area (Å²) >= 11 is 3.89. The molecular formula is C25H23N5O5S3. The third kappa shape index (κ3) is 5.27. The lowest BCUT2D eigenvalue weighted by Gasteiger charge is -2.48. The minimum atomic E-state index is -0.707. The van der Waals surface area contributed by atoms with Crippen LogP contribution >= 0.6 is 34.9 Å². The van der Waals surface area contributed by atoms with Crippen LogP contribution in [0.5, 0.6) is 5.19 Å². The lowest BCUT2D eigenvalue weighted by molar-refractivity contribution is -0.152. The van der Waals surface area contributed by atoms with Crippen LogP contribution in [0.2, 0.25) is 0 Å². The number of ether oxygens (including phenoxy) is 2. The molecule has 5 rings (SSSR count). The van der Waals surface area contributed by atoms with Crippen molar-refractivity contribution in [1.82, 2.24) is 20.1 Å². The lowest BCUT2D eigenvalue weighted by atomic mass is 10.0. The smallest absolute Gasteiger partial charge is 0.356 e. The number of carbonyl (C=O) groups is 3. The topological polar surface area (TPSA) is 128 Å². The van der Waals surface area contributed by atoms with Gasteiger partial charge in [0.1, 0.15) is 11.1 Å². The highest BCUT2D eigenvalue weighted by Crippen LogP contribution is 2.46. The van der Waals surface area contributed by atoms with Gasteiger partial charge in [0.2, 0.25) is 12.3 Å².